The molecule has 1 heterocycles. The van der Waals surface area contributed by atoms with Gasteiger partial charge in [0.25, 0.3) is 0 Å². The number of carboxylic acids is 1. The zero-order valence-electron chi connectivity index (χ0n) is 12.1. The van der Waals surface area contributed by atoms with Crippen LogP contribution >= 0.6 is 0 Å². The molecule has 3 heteroatoms. The molecule has 2 fully saturated rings. The van der Waals surface area contributed by atoms with Gasteiger partial charge in [0, 0.05) is 19.6 Å². The third-order valence-electron chi connectivity index (χ3n) is 5.22. The van der Waals surface area contributed by atoms with Crippen LogP contribution in [0.1, 0.15) is 31.7 Å². The summed E-state index contributed by atoms with van der Waals surface area (Å²) in [5.41, 5.74) is 0.101. The van der Waals surface area contributed by atoms with Gasteiger partial charge in [-0.1, -0.05) is 36.8 Å². The minimum Gasteiger partial charge on any atom is -0.481 e. The first-order chi connectivity index (χ1) is 9.59. The van der Waals surface area contributed by atoms with Crippen molar-refractivity contribution in [1.29, 1.82) is 0 Å². The maximum Gasteiger partial charge on any atom is 0.315 e. The van der Waals surface area contributed by atoms with Crippen LogP contribution < -0.4 is 0 Å². The van der Waals surface area contributed by atoms with E-state index < -0.39 is 11.4 Å². The first-order valence-electron chi connectivity index (χ1n) is 7.61. The highest BCUT2D eigenvalue weighted by molar-refractivity contribution is 5.81. The molecule has 1 aromatic carbocycles. The predicted octanol–water partition coefficient (Wildman–Crippen LogP) is 2.76. The van der Waals surface area contributed by atoms with Crippen molar-refractivity contribution >= 4 is 5.97 Å². The fraction of sp³-hybridized carbons (Fsp3) is 0.588. The molecule has 1 N–H and O–H groups in total. The molecule has 2 aliphatic rings. The molecule has 3 unspecified atom stereocenters. The molecule has 1 saturated heterocycles. The van der Waals surface area contributed by atoms with Gasteiger partial charge in [-0.25, -0.2) is 0 Å². The Balaban J connectivity index is 1.77. The molecule has 0 aromatic heterocycles. The fourth-order valence-corrected chi connectivity index (χ4v) is 4.00. The van der Waals surface area contributed by atoms with Crippen molar-refractivity contribution < 1.29 is 9.90 Å². The first-order valence-corrected chi connectivity index (χ1v) is 7.61. The fourth-order valence-electron chi connectivity index (χ4n) is 4.00. The third-order valence-corrected chi connectivity index (χ3v) is 5.22. The second kappa shape index (κ2) is 5.21. The van der Waals surface area contributed by atoms with Crippen LogP contribution in [0.15, 0.2) is 30.3 Å². The molecule has 3 rings (SSSR count). The van der Waals surface area contributed by atoms with Gasteiger partial charge < -0.3 is 10.0 Å². The largest absolute Gasteiger partial charge is 0.481 e. The van der Waals surface area contributed by atoms with Crippen LogP contribution in [0.2, 0.25) is 0 Å². The summed E-state index contributed by atoms with van der Waals surface area (Å²) in [6.07, 6.45) is 4.02. The van der Waals surface area contributed by atoms with Crippen molar-refractivity contribution in [1.82, 2.24) is 4.90 Å². The van der Waals surface area contributed by atoms with Crippen LogP contribution in [0.3, 0.4) is 0 Å². The number of carbonyl (C=O) groups is 1. The van der Waals surface area contributed by atoms with E-state index >= 15 is 0 Å². The molecular weight excluding hydrogens is 250 g/mol. The Morgan fingerprint density at radius 1 is 1.25 bits per heavy atom. The first kappa shape index (κ1) is 13.6. The van der Waals surface area contributed by atoms with Gasteiger partial charge in [-0.2, -0.15) is 0 Å². The van der Waals surface area contributed by atoms with Crippen molar-refractivity contribution in [3.8, 4) is 0 Å². The van der Waals surface area contributed by atoms with Crippen LogP contribution in [0.25, 0.3) is 0 Å². The molecule has 0 amide bonds. The molecule has 1 saturated carbocycles. The topological polar surface area (TPSA) is 40.5 Å². The van der Waals surface area contributed by atoms with Crippen LogP contribution in [-0.2, 0) is 10.2 Å². The monoisotopic (exact) mass is 273 g/mol. The number of hydrogen-bond acceptors (Lipinski definition) is 2. The van der Waals surface area contributed by atoms with E-state index in [4.69, 9.17) is 0 Å². The Bertz CT molecular complexity index is 475. The average Bonchev–Trinajstić information content (AvgIpc) is 3.00. The van der Waals surface area contributed by atoms with E-state index in [1.54, 1.807) is 0 Å². The Hall–Kier alpha value is -1.35. The van der Waals surface area contributed by atoms with Crippen LogP contribution in [0, 0.1) is 11.8 Å². The van der Waals surface area contributed by atoms with E-state index in [1.165, 1.54) is 19.3 Å². The number of aliphatic carboxylic acids is 1. The standard InChI is InChI=1S/C17H23NO2/c1-17(16(19)20,15-8-3-2-4-9-15)12-18-10-13-6-5-7-14(13)11-18/h2-4,8-9,13-14H,5-7,10-12H2,1H3,(H,19,20). The molecule has 1 aromatic rings. The number of hydrogen-bond donors (Lipinski definition) is 1. The molecular formula is C17H23NO2. The zero-order chi connectivity index (χ0) is 14.2. The maximum absolute atomic E-state index is 11.8. The lowest BCUT2D eigenvalue weighted by Crippen LogP contribution is -2.44. The lowest BCUT2D eigenvalue weighted by Gasteiger charge is -2.31. The number of nitrogens with zero attached hydrogens (tertiary/aromatic N) is 1. The summed E-state index contributed by atoms with van der Waals surface area (Å²) >= 11 is 0. The predicted molar refractivity (Wildman–Crippen MR) is 78.7 cm³/mol. The van der Waals surface area contributed by atoms with E-state index in [-0.39, 0.29) is 0 Å². The molecule has 20 heavy (non-hydrogen) atoms. The molecule has 3 nitrogen and oxygen atoms in total. The van der Waals surface area contributed by atoms with E-state index in [9.17, 15) is 9.90 Å². The smallest absolute Gasteiger partial charge is 0.315 e. The minimum absolute atomic E-state index is 0.624. The summed E-state index contributed by atoms with van der Waals surface area (Å²) in [5.74, 6) is 0.897. The van der Waals surface area contributed by atoms with E-state index in [2.05, 4.69) is 4.90 Å². The van der Waals surface area contributed by atoms with E-state index in [0.29, 0.717) is 6.54 Å². The molecule has 108 valence electrons. The highest BCUT2D eigenvalue weighted by atomic mass is 16.4. The van der Waals surface area contributed by atoms with Gasteiger partial charge in [0.1, 0.15) is 5.41 Å². The number of likely N-dealkylation sites (tertiary alicyclic amines) is 1. The summed E-state index contributed by atoms with van der Waals surface area (Å²) in [6.45, 7) is 4.65. The summed E-state index contributed by atoms with van der Waals surface area (Å²) in [7, 11) is 0. The van der Waals surface area contributed by atoms with Crippen LogP contribution in [-0.4, -0.2) is 35.6 Å². The van der Waals surface area contributed by atoms with Crippen molar-refractivity contribution in [2.45, 2.75) is 31.6 Å². The molecule has 3 atom stereocenters. The number of benzene rings is 1. The minimum atomic E-state index is -0.806. The van der Waals surface area contributed by atoms with Crippen molar-refractivity contribution in [3.05, 3.63) is 35.9 Å². The Morgan fingerprint density at radius 3 is 2.40 bits per heavy atom. The van der Waals surface area contributed by atoms with Gasteiger partial charge in [-0.15, -0.1) is 0 Å². The molecule has 1 aliphatic carbocycles. The Morgan fingerprint density at radius 2 is 1.85 bits per heavy atom. The lowest BCUT2D eigenvalue weighted by molar-refractivity contribution is -0.144. The van der Waals surface area contributed by atoms with Gasteiger partial charge in [0.2, 0.25) is 0 Å². The molecule has 1 aliphatic heterocycles. The summed E-state index contributed by atoms with van der Waals surface area (Å²) < 4.78 is 0. The highest BCUT2D eigenvalue weighted by Crippen LogP contribution is 2.39. The van der Waals surface area contributed by atoms with Crippen molar-refractivity contribution in [3.63, 3.8) is 0 Å². The lowest BCUT2D eigenvalue weighted by atomic mass is 9.82. The highest BCUT2D eigenvalue weighted by Gasteiger charge is 2.42. The van der Waals surface area contributed by atoms with Gasteiger partial charge in [-0.3, -0.25) is 4.79 Å². The SMILES string of the molecule is CC(CN1CC2CCCC2C1)(C(=O)O)c1ccccc1. The quantitative estimate of drug-likeness (QED) is 0.917. The van der Waals surface area contributed by atoms with Crippen molar-refractivity contribution in [2.24, 2.45) is 11.8 Å². The van der Waals surface area contributed by atoms with Gasteiger partial charge in [0.05, 0.1) is 0 Å². The maximum atomic E-state index is 11.8. The summed E-state index contributed by atoms with van der Waals surface area (Å²) in [5, 5.41) is 9.72. The Kier molecular flexibility index (Phi) is 3.55. The number of carboxylic acid groups (broad SMARTS) is 1. The number of rotatable bonds is 4. The van der Waals surface area contributed by atoms with E-state index in [1.807, 2.05) is 37.3 Å². The summed E-state index contributed by atoms with van der Waals surface area (Å²) in [4.78, 5) is 14.2. The zero-order valence-corrected chi connectivity index (χ0v) is 12.1. The number of fused-ring (bicyclic) bond motifs is 1. The average molecular weight is 273 g/mol. The Labute approximate surface area is 120 Å². The second-order valence-electron chi connectivity index (χ2n) is 6.65. The third kappa shape index (κ3) is 2.35. The van der Waals surface area contributed by atoms with Gasteiger partial charge in [0.15, 0.2) is 0 Å². The van der Waals surface area contributed by atoms with Gasteiger partial charge in [-0.05, 0) is 37.2 Å². The molecule has 0 radical (unpaired) electrons. The van der Waals surface area contributed by atoms with Crippen LogP contribution in [0.5, 0.6) is 0 Å². The van der Waals surface area contributed by atoms with Gasteiger partial charge >= 0.3 is 5.97 Å². The normalized spacial score (nSPS) is 29.1. The van der Waals surface area contributed by atoms with Crippen LogP contribution in [0.4, 0.5) is 0 Å². The van der Waals surface area contributed by atoms with E-state index in [0.717, 1.165) is 30.5 Å². The van der Waals surface area contributed by atoms with Crippen molar-refractivity contribution in [2.75, 3.05) is 19.6 Å². The summed E-state index contributed by atoms with van der Waals surface area (Å²) in [6, 6.07) is 9.66. The molecule has 0 spiro atoms. The second-order valence-corrected chi connectivity index (χ2v) is 6.65. The molecule has 0 bridgehead atoms.